The van der Waals surface area contributed by atoms with Gasteiger partial charge >= 0.3 is 0 Å². The van der Waals surface area contributed by atoms with Gasteiger partial charge in [-0.2, -0.15) is 0 Å². The van der Waals surface area contributed by atoms with Crippen LogP contribution in [0.3, 0.4) is 0 Å². The van der Waals surface area contributed by atoms with Gasteiger partial charge in [-0.3, -0.25) is 9.78 Å². The van der Waals surface area contributed by atoms with Crippen molar-refractivity contribution < 1.29 is 4.79 Å². The van der Waals surface area contributed by atoms with E-state index in [1.165, 1.54) is 16.7 Å². The second-order valence-corrected chi connectivity index (χ2v) is 6.17. The number of amides is 1. The van der Waals surface area contributed by atoms with Crippen LogP contribution in [-0.4, -0.2) is 10.9 Å². The first-order valence-electron chi connectivity index (χ1n) is 8.53. The van der Waals surface area contributed by atoms with Gasteiger partial charge < -0.3 is 5.32 Å². The van der Waals surface area contributed by atoms with Crippen molar-refractivity contribution in [3.63, 3.8) is 0 Å². The molecule has 25 heavy (non-hydrogen) atoms. The Bertz CT molecular complexity index is 843. The summed E-state index contributed by atoms with van der Waals surface area (Å²) >= 11 is 0. The summed E-state index contributed by atoms with van der Waals surface area (Å²) in [5.41, 5.74) is 5.65. The second kappa shape index (κ2) is 8.25. The lowest BCUT2D eigenvalue weighted by molar-refractivity contribution is -0.121. The van der Waals surface area contributed by atoms with Crippen LogP contribution in [0.1, 0.15) is 23.2 Å². The van der Waals surface area contributed by atoms with E-state index in [-0.39, 0.29) is 5.91 Å². The van der Waals surface area contributed by atoms with Gasteiger partial charge in [0.05, 0.1) is 0 Å². The number of carbonyl (C=O) groups is 1. The van der Waals surface area contributed by atoms with Crippen LogP contribution in [0.4, 0.5) is 0 Å². The Morgan fingerprint density at radius 3 is 2.52 bits per heavy atom. The number of hydrogen-bond donors (Lipinski definition) is 1. The molecule has 0 bridgehead atoms. The van der Waals surface area contributed by atoms with E-state index in [4.69, 9.17) is 0 Å². The molecule has 3 nitrogen and oxygen atoms in total. The SMILES string of the molecule is Cc1cccc(-c2cccc(CNC(=O)CCc3ccccn3)c2)c1. The molecule has 3 heteroatoms. The second-order valence-electron chi connectivity index (χ2n) is 6.17. The first-order chi connectivity index (χ1) is 12.2. The van der Waals surface area contributed by atoms with E-state index in [2.05, 4.69) is 53.6 Å². The molecular weight excluding hydrogens is 308 g/mol. The van der Waals surface area contributed by atoms with Gasteiger partial charge in [-0.1, -0.05) is 54.1 Å². The third-order valence-electron chi connectivity index (χ3n) is 4.10. The lowest BCUT2D eigenvalue weighted by Gasteiger charge is -2.08. The molecule has 0 atom stereocenters. The molecule has 1 heterocycles. The highest BCUT2D eigenvalue weighted by molar-refractivity contribution is 5.76. The van der Waals surface area contributed by atoms with Gasteiger partial charge in [0.25, 0.3) is 0 Å². The lowest BCUT2D eigenvalue weighted by atomic mass is 10.0. The predicted molar refractivity (Wildman–Crippen MR) is 101 cm³/mol. The van der Waals surface area contributed by atoms with E-state index in [0.717, 1.165) is 11.3 Å². The summed E-state index contributed by atoms with van der Waals surface area (Å²) in [7, 11) is 0. The molecule has 1 aromatic heterocycles. The number of carbonyl (C=O) groups excluding carboxylic acids is 1. The Hall–Kier alpha value is -2.94. The van der Waals surface area contributed by atoms with E-state index < -0.39 is 0 Å². The Balaban J connectivity index is 1.56. The van der Waals surface area contributed by atoms with Gasteiger partial charge in [0, 0.05) is 24.9 Å². The third-order valence-corrected chi connectivity index (χ3v) is 4.10. The molecule has 0 fully saturated rings. The van der Waals surface area contributed by atoms with Crippen LogP contribution in [0.2, 0.25) is 0 Å². The minimum atomic E-state index is 0.0478. The quantitative estimate of drug-likeness (QED) is 0.732. The summed E-state index contributed by atoms with van der Waals surface area (Å²) in [5, 5.41) is 2.99. The van der Waals surface area contributed by atoms with E-state index in [1.54, 1.807) is 6.20 Å². The molecular formula is C22H22N2O. The summed E-state index contributed by atoms with van der Waals surface area (Å²) < 4.78 is 0. The summed E-state index contributed by atoms with van der Waals surface area (Å²) in [6.07, 6.45) is 2.87. The maximum atomic E-state index is 12.1. The van der Waals surface area contributed by atoms with Crippen LogP contribution in [0.15, 0.2) is 72.9 Å². The monoisotopic (exact) mass is 330 g/mol. The van der Waals surface area contributed by atoms with Crippen LogP contribution in [0.25, 0.3) is 11.1 Å². The van der Waals surface area contributed by atoms with Crippen LogP contribution in [0, 0.1) is 6.92 Å². The van der Waals surface area contributed by atoms with E-state index >= 15 is 0 Å². The number of hydrogen-bond acceptors (Lipinski definition) is 2. The zero-order chi connectivity index (χ0) is 17.5. The molecule has 3 aromatic rings. The molecule has 0 aliphatic heterocycles. The standard InChI is InChI=1S/C22H22N2O/c1-17-6-4-8-19(14-17)20-9-5-7-18(15-20)16-24-22(25)12-11-21-10-2-3-13-23-21/h2-10,13-15H,11-12,16H2,1H3,(H,24,25). The molecule has 0 spiro atoms. The van der Waals surface area contributed by atoms with E-state index in [0.29, 0.717) is 19.4 Å². The highest BCUT2D eigenvalue weighted by Gasteiger charge is 2.04. The van der Waals surface area contributed by atoms with E-state index in [9.17, 15) is 4.79 Å². The normalized spacial score (nSPS) is 10.4. The van der Waals surface area contributed by atoms with Crippen molar-refractivity contribution in [2.75, 3.05) is 0 Å². The fourth-order valence-electron chi connectivity index (χ4n) is 2.76. The van der Waals surface area contributed by atoms with Crippen LogP contribution in [0.5, 0.6) is 0 Å². The molecule has 0 aliphatic carbocycles. The molecule has 2 aromatic carbocycles. The van der Waals surface area contributed by atoms with Gasteiger partial charge in [-0.15, -0.1) is 0 Å². The van der Waals surface area contributed by atoms with Crippen molar-refractivity contribution in [1.82, 2.24) is 10.3 Å². The number of nitrogens with zero attached hydrogens (tertiary/aromatic N) is 1. The number of benzene rings is 2. The maximum absolute atomic E-state index is 12.1. The Kier molecular flexibility index (Phi) is 5.57. The lowest BCUT2D eigenvalue weighted by Crippen LogP contribution is -2.23. The minimum absolute atomic E-state index is 0.0478. The largest absolute Gasteiger partial charge is 0.352 e. The maximum Gasteiger partial charge on any atom is 0.220 e. The molecule has 0 saturated carbocycles. The van der Waals surface area contributed by atoms with Crippen molar-refractivity contribution in [3.8, 4) is 11.1 Å². The molecule has 1 amide bonds. The van der Waals surface area contributed by atoms with Crippen molar-refractivity contribution >= 4 is 5.91 Å². The van der Waals surface area contributed by atoms with Crippen LogP contribution < -0.4 is 5.32 Å². The van der Waals surface area contributed by atoms with Gasteiger partial charge in [0.1, 0.15) is 0 Å². The fourth-order valence-corrected chi connectivity index (χ4v) is 2.76. The molecule has 3 rings (SSSR count). The molecule has 126 valence electrons. The first kappa shape index (κ1) is 16.9. The number of rotatable bonds is 6. The first-order valence-corrected chi connectivity index (χ1v) is 8.53. The van der Waals surface area contributed by atoms with Gasteiger partial charge in [-0.05, 0) is 48.2 Å². The summed E-state index contributed by atoms with van der Waals surface area (Å²) in [5.74, 6) is 0.0478. The molecule has 0 unspecified atom stereocenters. The Morgan fingerprint density at radius 2 is 1.76 bits per heavy atom. The summed E-state index contributed by atoms with van der Waals surface area (Å²) in [4.78, 5) is 16.3. The average Bonchev–Trinajstić information content (AvgIpc) is 2.66. The summed E-state index contributed by atoms with van der Waals surface area (Å²) in [6, 6.07) is 22.5. The van der Waals surface area contributed by atoms with Gasteiger partial charge in [0.2, 0.25) is 5.91 Å². The minimum Gasteiger partial charge on any atom is -0.352 e. The van der Waals surface area contributed by atoms with Crippen molar-refractivity contribution in [3.05, 3.63) is 89.7 Å². The molecule has 0 aliphatic rings. The average molecular weight is 330 g/mol. The van der Waals surface area contributed by atoms with Gasteiger partial charge in [-0.25, -0.2) is 0 Å². The number of aryl methyl sites for hydroxylation is 2. The van der Waals surface area contributed by atoms with Crippen molar-refractivity contribution in [1.29, 1.82) is 0 Å². The summed E-state index contributed by atoms with van der Waals surface area (Å²) in [6.45, 7) is 2.63. The molecule has 0 saturated heterocycles. The van der Waals surface area contributed by atoms with Crippen LogP contribution >= 0.6 is 0 Å². The Morgan fingerprint density at radius 1 is 0.960 bits per heavy atom. The fraction of sp³-hybridized carbons (Fsp3) is 0.182. The zero-order valence-corrected chi connectivity index (χ0v) is 14.4. The number of aromatic nitrogens is 1. The highest BCUT2D eigenvalue weighted by Crippen LogP contribution is 2.21. The van der Waals surface area contributed by atoms with Crippen LogP contribution in [-0.2, 0) is 17.8 Å². The van der Waals surface area contributed by atoms with Gasteiger partial charge in [0.15, 0.2) is 0 Å². The Labute approximate surface area is 148 Å². The number of nitrogens with one attached hydrogen (secondary N) is 1. The number of pyridine rings is 1. The zero-order valence-electron chi connectivity index (χ0n) is 14.4. The van der Waals surface area contributed by atoms with Crippen molar-refractivity contribution in [2.45, 2.75) is 26.3 Å². The van der Waals surface area contributed by atoms with Crippen molar-refractivity contribution in [2.24, 2.45) is 0 Å². The third kappa shape index (κ3) is 5.01. The smallest absolute Gasteiger partial charge is 0.220 e. The topological polar surface area (TPSA) is 42.0 Å². The predicted octanol–water partition coefficient (Wildman–Crippen LogP) is 4.31. The van der Waals surface area contributed by atoms with E-state index in [1.807, 2.05) is 30.3 Å². The molecule has 0 radical (unpaired) electrons. The molecule has 1 N–H and O–H groups in total. The highest BCUT2D eigenvalue weighted by atomic mass is 16.1.